The summed E-state index contributed by atoms with van der Waals surface area (Å²) in [4.78, 5) is 5.88. The first kappa shape index (κ1) is 11.7. The number of nitrogens with zero attached hydrogens (tertiary/aromatic N) is 1. The van der Waals surface area contributed by atoms with Crippen LogP contribution in [0, 0.1) is 6.92 Å². The summed E-state index contributed by atoms with van der Waals surface area (Å²) in [7, 11) is 0. The van der Waals surface area contributed by atoms with Crippen LogP contribution < -0.4 is 10.5 Å². The number of fused-ring (bicyclic) bond motifs is 1. The standard InChI is InChI=1S/C14H16N2OS/c1-9-13(8-15)18-14(16-9)11-6-7-17-12-5-3-2-4-10(11)12/h2-5,11H,6-8,15H2,1H3. The molecule has 2 N–H and O–H groups in total. The zero-order chi connectivity index (χ0) is 12.5. The van der Waals surface area contributed by atoms with Crippen LogP contribution in [0.1, 0.15) is 33.5 Å². The lowest BCUT2D eigenvalue weighted by Crippen LogP contribution is -2.14. The molecule has 0 radical (unpaired) electrons. The molecule has 2 aromatic rings. The lowest BCUT2D eigenvalue weighted by atomic mass is 9.94. The van der Waals surface area contributed by atoms with Crippen molar-refractivity contribution in [1.82, 2.24) is 4.98 Å². The molecule has 0 bridgehead atoms. The van der Waals surface area contributed by atoms with Gasteiger partial charge < -0.3 is 10.5 Å². The number of aryl methyl sites for hydroxylation is 1. The van der Waals surface area contributed by atoms with E-state index in [1.807, 2.05) is 19.1 Å². The number of hydrogen-bond donors (Lipinski definition) is 1. The second-order valence-corrected chi connectivity index (χ2v) is 5.61. The van der Waals surface area contributed by atoms with Crippen LogP contribution in [0.4, 0.5) is 0 Å². The van der Waals surface area contributed by atoms with Gasteiger partial charge in [0.15, 0.2) is 0 Å². The third-order valence-electron chi connectivity index (χ3n) is 3.35. The maximum atomic E-state index is 5.73. The van der Waals surface area contributed by atoms with Crippen LogP contribution >= 0.6 is 11.3 Å². The van der Waals surface area contributed by atoms with Gasteiger partial charge in [0.1, 0.15) is 10.8 Å². The molecule has 3 rings (SSSR count). The van der Waals surface area contributed by atoms with Gasteiger partial charge in [-0.2, -0.15) is 0 Å². The SMILES string of the molecule is Cc1nc(C2CCOc3ccccc32)sc1CN. The topological polar surface area (TPSA) is 48.1 Å². The lowest BCUT2D eigenvalue weighted by molar-refractivity contribution is 0.277. The molecule has 4 heteroatoms. The molecule has 18 heavy (non-hydrogen) atoms. The first-order valence-electron chi connectivity index (χ1n) is 6.17. The predicted octanol–water partition coefficient (Wildman–Crippen LogP) is 2.82. The van der Waals surface area contributed by atoms with E-state index in [1.165, 1.54) is 15.4 Å². The highest BCUT2D eigenvalue weighted by Crippen LogP contribution is 2.39. The Morgan fingerprint density at radius 3 is 3.06 bits per heavy atom. The summed E-state index contributed by atoms with van der Waals surface area (Å²) in [5, 5.41) is 1.17. The molecular formula is C14H16N2OS. The van der Waals surface area contributed by atoms with Crippen LogP contribution in [0.2, 0.25) is 0 Å². The van der Waals surface area contributed by atoms with E-state index >= 15 is 0 Å². The third kappa shape index (κ3) is 1.91. The Bertz CT molecular complexity index is 565. The molecule has 1 aromatic carbocycles. The van der Waals surface area contributed by atoms with Crippen LogP contribution in [-0.2, 0) is 6.54 Å². The summed E-state index contributed by atoms with van der Waals surface area (Å²) < 4.78 is 5.69. The number of ether oxygens (including phenoxy) is 1. The van der Waals surface area contributed by atoms with Gasteiger partial charge in [0.25, 0.3) is 0 Å². The molecule has 1 aromatic heterocycles. The van der Waals surface area contributed by atoms with E-state index in [4.69, 9.17) is 10.5 Å². The monoisotopic (exact) mass is 260 g/mol. The van der Waals surface area contributed by atoms with Crippen molar-refractivity contribution in [3.63, 3.8) is 0 Å². The number of para-hydroxylation sites is 1. The van der Waals surface area contributed by atoms with E-state index in [0.717, 1.165) is 24.5 Å². The van der Waals surface area contributed by atoms with Crippen LogP contribution in [0.5, 0.6) is 5.75 Å². The zero-order valence-corrected chi connectivity index (χ0v) is 11.2. The number of benzene rings is 1. The fraction of sp³-hybridized carbons (Fsp3) is 0.357. The molecule has 2 heterocycles. The molecule has 0 saturated carbocycles. The van der Waals surface area contributed by atoms with Gasteiger partial charge in [-0.3, -0.25) is 0 Å². The van der Waals surface area contributed by atoms with E-state index < -0.39 is 0 Å². The second kappa shape index (κ2) is 4.71. The maximum absolute atomic E-state index is 5.73. The number of aromatic nitrogens is 1. The van der Waals surface area contributed by atoms with Crippen molar-refractivity contribution in [3.05, 3.63) is 45.4 Å². The van der Waals surface area contributed by atoms with Crippen LogP contribution in [-0.4, -0.2) is 11.6 Å². The molecular weight excluding hydrogens is 244 g/mol. The molecule has 94 valence electrons. The Labute approximate surface area is 111 Å². The molecule has 1 aliphatic rings. The van der Waals surface area contributed by atoms with Gasteiger partial charge in [-0.05, 0) is 19.4 Å². The highest BCUT2D eigenvalue weighted by atomic mass is 32.1. The first-order valence-corrected chi connectivity index (χ1v) is 6.99. The van der Waals surface area contributed by atoms with Crippen LogP contribution in [0.3, 0.4) is 0 Å². The number of nitrogens with two attached hydrogens (primary N) is 1. The quantitative estimate of drug-likeness (QED) is 0.903. The molecule has 1 atom stereocenters. The average Bonchev–Trinajstić information content (AvgIpc) is 2.79. The fourth-order valence-corrected chi connectivity index (χ4v) is 3.49. The van der Waals surface area contributed by atoms with Crippen molar-refractivity contribution in [3.8, 4) is 5.75 Å². The summed E-state index contributed by atoms with van der Waals surface area (Å²) in [5.41, 5.74) is 8.06. The summed E-state index contributed by atoms with van der Waals surface area (Å²) >= 11 is 1.74. The summed E-state index contributed by atoms with van der Waals surface area (Å²) in [6, 6.07) is 8.24. The molecule has 1 aliphatic heterocycles. The Kier molecular flexibility index (Phi) is 3.06. The Balaban J connectivity index is 2.02. The minimum Gasteiger partial charge on any atom is -0.493 e. The van der Waals surface area contributed by atoms with E-state index in [0.29, 0.717) is 12.5 Å². The van der Waals surface area contributed by atoms with Gasteiger partial charge in [0.05, 0.1) is 12.3 Å². The molecule has 3 nitrogen and oxygen atoms in total. The normalized spacial score (nSPS) is 18.2. The average molecular weight is 260 g/mol. The van der Waals surface area contributed by atoms with E-state index in [9.17, 15) is 0 Å². The predicted molar refractivity (Wildman–Crippen MR) is 73.1 cm³/mol. The van der Waals surface area contributed by atoms with Crippen molar-refractivity contribution in [2.45, 2.75) is 25.8 Å². The van der Waals surface area contributed by atoms with Crippen molar-refractivity contribution in [2.75, 3.05) is 6.61 Å². The Morgan fingerprint density at radius 1 is 1.44 bits per heavy atom. The Hall–Kier alpha value is -1.39. The first-order chi connectivity index (χ1) is 8.79. The van der Waals surface area contributed by atoms with E-state index in [1.54, 1.807) is 11.3 Å². The van der Waals surface area contributed by atoms with Crippen LogP contribution in [0.25, 0.3) is 0 Å². The minimum absolute atomic E-state index is 0.360. The van der Waals surface area contributed by atoms with E-state index in [2.05, 4.69) is 17.1 Å². The van der Waals surface area contributed by atoms with Crippen LogP contribution in [0.15, 0.2) is 24.3 Å². The van der Waals surface area contributed by atoms with Gasteiger partial charge >= 0.3 is 0 Å². The summed E-state index contributed by atoms with van der Waals surface area (Å²) in [5.74, 6) is 1.36. The highest BCUT2D eigenvalue weighted by molar-refractivity contribution is 7.11. The highest BCUT2D eigenvalue weighted by Gasteiger charge is 2.25. The molecule has 0 amide bonds. The second-order valence-electron chi connectivity index (χ2n) is 4.49. The van der Waals surface area contributed by atoms with Gasteiger partial charge in [0.2, 0.25) is 0 Å². The number of thiazole rings is 1. The number of rotatable bonds is 2. The van der Waals surface area contributed by atoms with Gasteiger partial charge in [-0.1, -0.05) is 18.2 Å². The fourth-order valence-electron chi connectivity index (χ4n) is 2.39. The number of hydrogen-bond acceptors (Lipinski definition) is 4. The Morgan fingerprint density at radius 2 is 2.28 bits per heavy atom. The molecule has 0 fully saturated rings. The smallest absolute Gasteiger partial charge is 0.123 e. The van der Waals surface area contributed by atoms with Crippen molar-refractivity contribution in [1.29, 1.82) is 0 Å². The van der Waals surface area contributed by atoms with Gasteiger partial charge in [-0.15, -0.1) is 11.3 Å². The van der Waals surface area contributed by atoms with Gasteiger partial charge in [0, 0.05) is 22.9 Å². The molecule has 0 spiro atoms. The van der Waals surface area contributed by atoms with Crippen molar-refractivity contribution < 1.29 is 4.74 Å². The van der Waals surface area contributed by atoms with Gasteiger partial charge in [-0.25, -0.2) is 4.98 Å². The summed E-state index contributed by atoms with van der Waals surface area (Å²) in [6.07, 6.45) is 0.994. The third-order valence-corrected chi connectivity index (χ3v) is 4.64. The van der Waals surface area contributed by atoms with Crippen molar-refractivity contribution in [2.24, 2.45) is 5.73 Å². The summed E-state index contributed by atoms with van der Waals surface area (Å²) in [6.45, 7) is 3.38. The van der Waals surface area contributed by atoms with E-state index in [-0.39, 0.29) is 0 Å². The molecule has 1 unspecified atom stereocenters. The maximum Gasteiger partial charge on any atom is 0.123 e. The molecule has 0 aliphatic carbocycles. The zero-order valence-electron chi connectivity index (χ0n) is 10.3. The molecule has 0 saturated heterocycles. The minimum atomic E-state index is 0.360. The van der Waals surface area contributed by atoms with Crippen molar-refractivity contribution >= 4 is 11.3 Å². The lowest BCUT2D eigenvalue weighted by Gasteiger charge is -2.24. The largest absolute Gasteiger partial charge is 0.493 e.